The molecule has 32 heavy (non-hydrogen) atoms. The molecule has 0 aromatic heterocycles. The summed E-state index contributed by atoms with van der Waals surface area (Å²) < 4.78 is 5.99. The molecule has 0 saturated heterocycles. The van der Waals surface area contributed by atoms with Crippen molar-refractivity contribution in [1.29, 1.82) is 0 Å². The molecule has 0 aliphatic heterocycles. The van der Waals surface area contributed by atoms with Crippen LogP contribution in [0.3, 0.4) is 0 Å². The molecule has 2 aromatic carbocycles. The number of guanidine groups is 1. The molecule has 1 amide bonds. The maximum absolute atomic E-state index is 12.4. The zero-order valence-electron chi connectivity index (χ0n) is 19.3. The first-order chi connectivity index (χ1) is 15.1. The molecule has 1 saturated carbocycles. The summed E-state index contributed by atoms with van der Waals surface area (Å²) in [6.07, 6.45) is 2.56. The summed E-state index contributed by atoms with van der Waals surface area (Å²) in [6.45, 7) is 7.49. The molecule has 7 heteroatoms. The number of benzene rings is 2. The van der Waals surface area contributed by atoms with E-state index in [4.69, 9.17) is 4.74 Å². The highest BCUT2D eigenvalue weighted by atomic mass is 127. The Kier molecular flexibility index (Phi) is 10.8. The number of aliphatic imine (C=N–C) groups is 1. The molecule has 1 aliphatic rings. The summed E-state index contributed by atoms with van der Waals surface area (Å²) in [7, 11) is 1.76. The van der Waals surface area contributed by atoms with Gasteiger partial charge in [-0.1, -0.05) is 30.3 Å². The topological polar surface area (TPSA) is 66.0 Å². The number of nitrogens with zero attached hydrogens (tertiary/aromatic N) is 2. The molecule has 0 bridgehead atoms. The maximum atomic E-state index is 12.4. The summed E-state index contributed by atoms with van der Waals surface area (Å²) in [5.41, 5.74) is 2.93. The number of para-hydroxylation sites is 1. The molecule has 0 unspecified atom stereocenters. The van der Waals surface area contributed by atoms with E-state index < -0.39 is 0 Å². The minimum Gasteiger partial charge on any atom is -0.493 e. The minimum atomic E-state index is 0. The minimum absolute atomic E-state index is 0. The van der Waals surface area contributed by atoms with E-state index in [9.17, 15) is 4.79 Å². The van der Waals surface area contributed by atoms with Gasteiger partial charge in [0.1, 0.15) is 5.75 Å². The molecular formula is C25H35IN4O2. The number of halogens is 1. The van der Waals surface area contributed by atoms with Crippen molar-refractivity contribution in [2.24, 2.45) is 10.9 Å². The van der Waals surface area contributed by atoms with Crippen LogP contribution in [0.25, 0.3) is 0 Å². The van der Waals surface area contributed by atoms with E-state index in [1.54, 1.807) is 7.05 Å². The van der Waals surface area contributed by atoms with Gasteiger partial charge >= 0.3 is 0 Å². The van der Waals surface area contributed by atoms with E-state index in [0.717, 1.165) is 54.0 Å². The van der Waals surface area contributed by atoms with Crippen molar-refractivity contribution in [3.05, 3.63) is 65.2 Å². The van der Waals surface area contributed by atoms with Gasteiger partial charge in [0.25, 0.3) is 5.91 Å². The number of hydrogen-bond donors (Lipinski definition) is 2. The molecule has 1 fully saturated rings. The van der Waals surface area contributed by atoms with E-state index in [2.05, 4.69) is 21.7 Å². The Hall–Kier alpha value is -2.29. The van der Waals surface area contributed by atoms with Crippen molar-refractivity contribution in [1.82, 2.24) is 15.5 Å². The van der Waals surface area contributed by atoms with Crippen LogP contribution in [-0.4, -0.2) is 43.5 Å². The Bertz CT molecular complexity index is 878. The highest BCUT2D eigenvalue weighted by Crippen LogP contribution is 2.30. The Morgan fingerprint density at radius 1 is 1.03 bits per heavy atom. The smallest absolute Gasteiger partial charge is 0.253 e. The lowest BCUT2D eigenvalue weighted by Gasteiger charge is -2.18. The Balaban J connectivity index is 0.00000363. The van der Waals surface area contributed by atoms with E-state index in [-0.39, 0.29) is 29.9 Å². The number of hydrogen-bond acceptors (Lipinski definition) is 3. The first kappa shape index (κ1) is 26.0. The van der Waals surface area contributed by atoms with Crippen molar-refractivity contribution in [2.45, 2.75) is 39.8 Å². The molecule has 0 radical (unpaired) electrons. The monoisotopic (exact) mass is 550 g/mol. The lowest BCUT2D eigenvalue weighted by molar-refractivity contribution is 0.0773. The number of ether oxygens (including phenoxy) is 1. The average molecular weight is 550 g/mol. The fourth-order valence-electron chi connectivity index (χ4n) is 3.33. The first-order valence-corrected chi connectivity index (χ1v) is 11.2. The summed E-state index contributed by atoms with van der Waals surface area (Å²) in [5.74, 6) is 2.46. The van der Waals surface area contributed by atoms with Crippen molar-refractivity contribution < 1.29 is 9.53 Å². The lowest BCUT2D eigenvalue weighted by Crippen LogP contribution is -2.36. The van der Waals surface area contributed by atoms with Crippen LogP contribution in [-0.2, 0) is 13.1 Å². The third kappa shape index (κ3) is 7.69. The molecule has 6 nitrogen and oxygen atoms in total. The molecule has 0 atom stereocenters. The van der Waals surface area contributed by atoms with Gasteiger partial charge in [0.2, 0.25) is 0 Å². The van der Waals surface area contributed by atoms with Gasteiger partial charge < -0.3 is 20.3 Å². The van der Waals surface area contributed by atoms with Crippen LogP contribution in [0.1, 0.15) is 48.2 Å². The lowest BCUT2D eigenvalue weighted by atomic mass is 10.1. The van der Waals surface area contributed by atoms with E-state index in [0.29, 0.717) is 13.1 Å². The van der Waals surface area contributed by atoms with Crippen LogP contribution >= 0.6 is 24.0 Å². The van der Waals surface area contributed by atoms with E-state index in [1.165, 1.54) is 12.8 Å². The Morgan fingerprint density at radius 2 is 1.69 bits per heavy atom. The van der Waals surface area contributed by atoms with Gasteiger partial charge in [-0.15, -0.1) is 24.0 Å². The van der Waals surface area contributed by atoms with Gasteiger partial charge in [0, 0.05) is 44.4 Å². The largest absolute Gasteiger partial charge is 0.493 e. The number of rotatable bonds is 10. The molecule has 3 rings (SSSR count). The second kappa shape index (κ2) is 13.3. The molecule has 1 aliphatic carbocycles. The number of carbonyl (C=O) groups excluding carboxylic acids is 1. The normalized spacial score (nSPS) is 13.2. The Labute approximate surface area is 208 Å². The predicted molar refractivity (Wildman–Crippen MR) is 141 cm³/mol. The highest BCUT2D eigenvalue weighted by Gasteiger charge is 2.22. The second-order valence-electron chi connectivity index (χ2n) is 7.82. The maximum Gasteiger partial charge on any atom is 0.253 e. The summed E-state index contributed by atoms with van der Waals surface area (Å²) in [4.78, 5) is 18.6. The standard InChI is InChI=1S/C25H34N4O2.HI/c1-4-29(5-2)24(30)21-14-12-19(13-15-21)16-27-25(26-3)28-17-22-8-6-7-9-23(22)31-18-20-10-11-20;/h6-9,12-15,20H,4-5,10-11,16-18H2,1-3H3,(H2,26,27,28);1H. The SMILES string of the molecule is CCN(CC)C(=O)c1ccc(CNC(=NC)NCc2ccccc2OCC2CC2)cc1.I. The van der Waals surface area contributed by atoms with Crippen molar-refractivity contribution >= 4 is 35.8 Å². The Morgan fingerprint density at radius 3 is 2.31 bits per heavy atom. The fourth-order valence-corrected chi connectivity index (χ4v) is 3.33. The quantitative estimate of drug-likeness (QED) is 0.261. The molecule has 2 aromatic rings. The molecule has 174 valence electrons. The third-order valence-corrected chi connectivity index (χ3v) is 5.53. The van der Waals surface area contributed by atoms with Gasteiger partial charge in [0.05, 0.1) is 6.61 Å². The van der Waals surface area contributed by atoms with Crippen LogP contribution in [0.2, 0.25) is 0 Å². The van der Waals surface area contributed by atoms with Crippen molar-refractivity contribution in [3.8, 4) is 5.75 Å². The summed E-state index contributed by atoms with van der Waals surface area (Å²) >= 11 is 0. The number of nitrogens with one attached hydrogen (secondary N) is 2. The summed E-state index contributed by atoms with van der Waals surface area (Å²) in [6, 6.07) is 15.9. The van der Waals surface area contributed by atoms with Crippen LogP contribution in [0.5, 0.6) is 5.75 Å². The van der Waals surface area contributed by atoms with Crippen LogP contribution in [0.15, 0.2) is 53.5 Å². The average Bonchev–Trinajstić information content (AvgIpc) is 3.64. The molecular weight excluding hydrogens is 515 g/mol. The third-order valence-electron chi connectivity index (χ3n) is 5.53. The van der Waals surface area contributed by atoms with Gasteiger partial charge in [-0.25, -0.2) is 0 Å². The van der Waals surface area contributed by atoms with E-state index in [1.807, 2.05) is 61.2 Å². The van der Waals surface area contributed by atoms with Gasteiger partial charge in [-0.2, -0.15) is 0 Å². The number of carbonyl (C=O) groups is 1. The predicted octanol–water partition coefficient (Wildman–Crippen LogP) is 4.44. The first-order valence-electron chi connectivity index (χ1n) is 11.2. The van der Waals surface area contributed by atoms with Crippen molar-refractivity contribution in [3.63, 3.8) is 0 Å². The van der Waals surface area contributed by atoms with Gasteiger partial charge in [0.15, 0.2) is 5.96 Å². The zero-order valence-corrected chi connectivity index (χ0v) is 21.6. The van der Waals surface area contributed by atoms with Crippen LogP contribution in [0.4, 0.5) is 0 Å². The van der Waals surface area contributed by atoms with Crippen LogP contribution < -0.4 is 15.4 Å². The summed E-state index contributed by atoms with van der Waals surface area (Å²) in [5, 5.41) is 6.69. The number of amides is 1. The molecule has 2 N–H and O–H groups in total. The van der Waals surface area contributed by atoms with Gasteiger partial charge in [-0.3, -0.25) is 9.79 Å². The highest BCUT2D eigenvalue weighted by molar-refractivity contribution is 14.0. The van der Waals surface area contributed by atoms with Gasteiger partial charge in [-0.05, 0) is 56.4 Å². The van der Waals surface area contributed by atoms with Crippen molar-refractivity contribution in [2.75, 3.05) is 26.7 Å². The fraction of sp³-hybridized carbons (Fsp3) is 0.440. The molecule has 0 spiro atoms. The van der Waals surface area contributed by atoms with E-state index >= 15 is 0 Å². The van der Waals surface area contributed by atoms with Crippen LogP contribution in [0, 0.1) is 5.92 Å². The second-order valence-corrected chi connectivity index (χ2v) is 7.82. The molecule has 0 heterocycles. The zero-order chi connectivity index (χ0) is 22.1.